The van der Waals surface area contributed by atoms with Crippen LogP contribution in [-0.2, 0) is 6.61 Å². The van der Waals surface area contributed by atoms with E-state index in [0.717, 1.165) is 5.56 Å². The highest BCUT2D eigenvalue weighted by Crippen LogP contribution is 2.30. The van der Waals surface area contributed by atoms with Gasteiger partial charge in [0.25, 0.3) is 0 Å². The zero-order valence-electron chi connectivity index (χ0n) is 9.52. The molecule has 0 aliphatic heterocycles. The van der Waals surface area contributed by atoms with E-state index in [1.807, 2.05) is 30.3 Å². The molecule has 0 aliphatic rings. The molecule has 0 saturated heterocycles. The Balaban J connectivity index is 2.14. The highest BCUT2D eigenvalue weighted by molar-refractivity contribution is 5.40. The predicted molar refractivity (Wildman–Crippen MR) is 63.7 cm³/mol. The summed E-state index contributed by atoms with van der Waals surface area (Å²) in [5, 5.41) is 0. The van der Waals surface area contributed by atoms with E-state index < -0.39 is 5.82 Å². The summed E-state index contributed by atoms with van der Waals surface area (Å²) < 4.78 is 24.0. The second-order valence-corrected chi connectivity index (χ2v) is 3.55. The van der Waals surface area contributed by atoms with Crippen LogP contribution >= 0.6 is 0 Å². The third kappa shape index (κ3) is 2.75. The lowest BCUT2D eigenvalue weighted by molar-refractivity contribution is 0.269. The smallest absolute Gasteiger partial charge is 0.197 e. The molecule has 0 aromatic heterocycles. The van der Waals surface area contributed by atoms with Crippen molar-refractivity contribution >= 4 is 0 Å². The monoisotopic (exact) mass is 232 g/mol. The molecule has 0 saturated carbocycles. The molecule has 2 aromatic rings. The van der Waals surface area contributed by atoms with Crippen LogP contribution in [0.3, 0.4) is 0 Å². The number of ether oxygens (including phenoxy) is 2. The van der Waals surface area contributed by atoms with Crippen LogP contribution in [0.4, 0.5) is 4.39 Å². The lowest BCUT2D eigenvalue weighted by atomic mass is 10.2. The van der Waals surface area contributed by atoms with Gasteiger partial charge in [-0.05, 0) is 17.7 Å². The lowest BCUT2D eigenvalue weighted by Crippen LogP contribution is -1.99. The zero-order valence-corrected chi connectivity index (χ0v) is 9.52. The Hall–Kier alpha value is -2.03. The Bertz CT molecular complexity index is 483. The van der Waals surface area contributed by atoms with E-state index in [1.54, 1.807) is 12.1 Å². The van der Waals surface area contributed by atoms with Gasteiger partial charge < -0.3 is 9.47 Å². The molecule has 0 radical (unpaired) electrons. The Morgan fingerprint density at radius 1 is 1.00 bits per heavy atom. The fraction of sp³-hybridized carbons (Fsp3) is 0.143. The quantitative estimate of drug-likeness (QED) is 0.804. The van der Waals surface area contributed by atoms with Gasteiger partial charge >= 0.3 is 0 Å². The van der Waals surface area contributed by atoms with E-state index in [-0.39, 0.29) is 5.75 Å². The van der Waals surface area contributed by atoms with Crippen molar-refractivity contribution in [1.29, 1.82) is 0 Å². The standard InChI is InChI=1S/C14H13FO2/c1-16-13-9-5-8-12(15)14(13)17-10-11-6-3-2-4-7-11/h2-9H,10H2,1H3. The normalized spacial score (nSPS) is 10.0. The van der Waals surface area contributed by atoms with Crippen molar-refractivity contribution in [3.63, 3.8) is 0 Å². The van der Waals surface area contributed by atoms with Crippen molar-refractivity contribution in [2.75, 3.05) is 7.11 Å². The first-order chi connectivity index (χ1) is 8.31. The van der Waals surface area contributed by atoms with Crippen molar-refractivity contribution in [3.8, 4) is 11.5 Å². The SMILES string of the molecule is COc1cccc(F)c1OCc1ccccc1. The van der Waals surface area contributed by atoms with E-state index in [4.69, 9.17) is 9.47 Å². The van der Waals surface area contributed by atoms with Crippen LogP contribution in [0.2, 0.25) is 0 Å². The highest BCUT2D eigenvalue weighted by atomic mass is 19.1. The average Bonchev–Trinajstić information content (AvgIpc) is 2.38. The molecule has 2 aromatic carbocycles. The first-order valence-electron chi connectivity index (χ1n) is 5.30. The van der Waals surface area contributed by atoms with E-state index in [2.05, 4.69) is 0 Å². The minimum absolute atomic E-state index is 0.152. The minimum atomic E-state index is -0.416. The van der Waals surface area contributed by atoms with Crippen LogP contribution in [0.1, 0.15) is 5.56 Å². The van der Waals surface area contributed by atoms with Crippen molar-refractivity contribution in [2.24, 2.45) is 0 Å². The second kappa shape index (κ2) is 5.34. The third-order valence-electron chi connectivity index (χ3n) is 2.38. The topological polar surface area (TPSA) is 18.5 Å². The Morgan fingerprint density at radius 3 is 2.47 bits per heavy atom. The van der Waals surface area contributed by atoms with Gasteiger partial charge in [-0.1, -0.05) is 36.4 Å². The van der Waals surface area contributed by atoms with Crippen molar-refractivity contribution in [3.05, 3.63) is 59.9 Å². The summed E-state index contributed by atoms with van der Waals surface area (Å²) in [4.78, 5) is 0. The van der Waals surface area contributed by atoms with Crippen molar-refractivity contribution < 1.29 is 13.9 Å². The van der Waals surface area contributed by atoms with E-state index in [0.29, 0.717) is 12.4 Å². The summed E-state index contributed by atoms with van der Waals surface area (Å²) in [5.74, 6) is 0.139. The molecule has 0 aliphatic carbocycles. The Labute approximate surface area is 99.6 Å². The van der Waals surface area contributed by atoms with Crippen LogP contribution in [0.5, 0.6) is 11.5 Å². The molecule has 0 amide bonds. The molecule has 17 heavy (non-hydrogen) atoms. The summed E-state index contributed by atoms with van der Waals surface area (Å²) >= 11 is 0. The largest absolute Gasteiger partial charge is 0.493 e. The number of para-hydroxylation sites is 1. The Kier molecular flexibility index (Phi) is 3.60. The van der Waals surface area contributed by atoms with E-state index >= 15 is 0 Å². The van der Waals surface area contributed by atoms with Gasteiger partial charge in [0.2, 0.25) is 0 Å². The molecule has 0 atom stereocenters. The summed E-state index contributed by atoms with van der Waals surface area (Å²) in [5.41, 5.74) is 0.984. The molecule has 88 valence electrons. The van der Waals surface area contributed by atoms with Gasteiger partial charge in [0.05, 0.1) is 7.11 Å². The summed E-state index contributed by atoms with van der Waals surface area (Å²) in [6.45, 7) is 0.318. The number of benzene rings is 2. The van der Waals surface area contributed by atoms with Gasteiger partial charge in [0.15, 0.2) is 17.3 Å². The fourth-order valence-corrected chi connectivity index (χ4v) is 1.52. The van der Waals surface area contributed by atoms with Crippen LogP contribution in [-0.4, -0.2) is 7.11 Å². The molecule has 2 rings (SSSR count). The maximum Gasteiger partial charge on any atom is 0.197 e. The molecule has 0 bridgehead atoms. The maximum atomic E-state index is 13.5. The molecule has 0 spiro atoms. The van der Waals surface area contributed by atoms with Crippen molar-refractivity contribution in [2.45, 2.75) is 6.61 Å². The molecule has 0 fully saturated rings. The van der Waals surface area contributed by atoms with Gasteiger partial charge in [-0.3, -0.25) is 0 Å². The third-order valence-corrected chi connectivity index (χ3v) is 2.38. The minimum Gasteiger partial charge on any atom is -0.493 e. The van der Waals surface area contributed by atoms with Crippen LogP contribution in [0.15, 0.2) is 48.5 Å². The molecule has 0 N–H and O–H groups in total. The molecule has 3 heteroatoms. The van der Waals surface area contributed by atoms with Gasteiger partial charge in [0.1, 0.15) is 6.61 Å². The van der Waals surface area contributed by atoms with Crippen molar-refractivity contribution in [1.82, 2.24) is 0 Å². The molecular weight excluding hydrogens is 219 g/mol. The van der Waals surface area contributed by atoms with Gasteiger partial charge in [0, 0.05) is 0 Å². The van der Waals surface area contributed by atoms with Gasteiger partial charge in [-0.15, -0.1) is 0 Å². The highest BCUT2D eigenvalue weighted by Gasteiger charge is 2.10. The Morgan fingerprint density at radius 2 is 1.76 bits per heavy atom. The van der Waals surface area contributed by atoms with Crippen LogP contribution in [0.25, 0.3) is 0 Å². The molecular formula is C14H13FO2. The molecule has 0 heterocycles. The first-order valence-corrected chi connectivity index (χ1v) is 5.30. The number of rotatable bonds is 4. The molecule has 0 unspecified atom stereocenters. The zero-order chi connectivity index (χ0) is 12.1. The summed E-state index contributed by atoms with van der Waals surface area (Å²) in [7, 11) is 1.49. The summed E-state index contributed by atoms with van der Waals surface area (Å²) in [6.07, 6.45) is 0. The van der Waals surface area contributed by atoms with Crippen LogP contribution in [0, 0.1) is 5.82 Å². The van der Waals surface area contributed by atoms with Crippen LogP contribution < -0.4 is 9.47 Å². The molecule has 2 nitrogen and oxygen atoms in total. The lowest BCUT2D eigenvalue weighted by Gasteiger charge is -2.11. The predicted octanol–water partition coefficient (Wildman–Crippen LogP) is 3.41. The van der Waals surface area contributed by atoms with Gasteiger partial charge in [-0.2, -0.15) is 0 Å². The maximum absolute atomic E-state index is 13.5. The van der Waals surface area contributed by atoms with E-state index in [9.17, 15) is 4.39 Å². The fourth-order valence-electron chi connectivity index (χ4n) is 1.52. The second-order valence-electron chi connectivity index (χ2n) is 3.55. The number of hydrogen-bond donors (Lipinski definition) is 0. The number of halogens is 1. The summed E-state index contributed by atoms with van der Waals surface area (Å²) in [6, 6.07) is 14.2. The number of methoxy groups -OCH3 is 1. The van der Waals surface area contributed by atoms with Gasteiger partial charge in [-0.25, -0.2) is 4.39 Å². The average molecular weight is 232 g/mol. The first kappa shape index (κ1) is 11.5. The number of hydrogen-bond acceptors (Lipinski definition) is 2. The van der Waals surface area contributed by atoms with E-state index in [1.165, 1.54) is 13.2 Å².